The number of thioether (sulfide) groups is 1. The summed E-state index contributed by atoms with van der Waals surface area (Å²) in [6.07, 6.45) is 1.90. The van der Waals surface area contributed by atoms with Crippen molar-refractivity contribution in [3.8, 4) is 6.19 Å². The first kappa shape index (κ1) is 11.9. The summed E-state index contributed by atoms with van der Waals surface area (Å²) in [6.45, 7) is 0. The van der Waals surface area contributed by atoms with Gasteiger partial charge in [0.15, 0.2) is 6.19 Å². The number of benzene rings is 1. The summed E-state index contributed by atoms with van der Waals surface area (Å²) < 4.78 is 0. The van der Waals surface area contributed by atoms with E-state index in [1.165, 1.54) is 11.8 Å². The van der Waals surface area contributed by atoms with Crippen LogP contribution in [0.2, 0.25) is 5.02 Å². The van der Waals surface area contributed by atoms with Gasteiger partial charge < -0.3 is 0 Å². The Morgan fingerprint density at radius 3 is 2.93 bits per heavy atom. The highest BCUT2D eigenvalue weighted by Gasteiger charge is 2.02. The van der Waals surface area contributed by atoms with E-state index in [2.05, 4.69) is 5.32 Å². The number of nitriles is 1. The Balaban J connectivity index is 2.36. The van der Waals surface area contributed by atoms with Gasteiger partial charge >= 0.3 is 0 Å². The van der Waals surface area contributed by atoms with Gasteiger partial charge in [0.2, 0.25) is 5.91 Å². The van der Waals surface area contributed by atoms with Gasteiger partial charge in [-0.3, -0.25) is 10.1 Å². The molecule has 78 valence electrons. The van der Waals surface area contributed by atoms with Crippen LogP contribution >= 0.6 is 23.4 Å². The maximum Gasteiger partial charge on any atom is 0.233 e. The van der Waals surface area contributed by atoms with Crippen molar-refractivity contribution in [1.82, 2.24) is 5.32 Å². The Morgan fingerprint density at radius 2 is 2.27 bits per heavy atom. The Bertz CT molecular complexity index is 389. The first-order valence-corrected chi connectivity index (χ1v) is 5.65. The molecule has 0 fully saturated rings. The molecule has 0 radical (unpaired) electrons. The lowest BCUT2D eigenvalue weighted by Crippen LogP contribution is -2.17. The summed E-state index contributed by atoms with van der Waals surface area (Å²) in [4.78, 5) is 11.9. The Hall–Kier alpha value is -1.18. The molecule has 3 nitrogen and oxygen atoms in total. The van der Waals surface area contributed by atoms with E-state index in [0.29, 0.717) is 17.2 Å². The first-order valence-electron chi connectivity index (χ1n) is 4.29. The van der Waals surface area contributed by atoms with E-state index in [1.807, 2.05) is 18.2 Å². The van der Waals surface area contributed by atoms with Crippen molar-refractivity contribution in [2.75, 3.05) is 5.75 Å². The number of carbonyl (C=O) groups excluding carboxylic acids is 1. The zero-order chi connectivity index (χ0) is 11.1. The van der Waals surface area contributed by atoms with Gasteiger partial charge in [-0.2, -0.15) is 5.26 Å². The predicted molar refractivity (Wildman–Crippen MR) is 60.5 cm³/mol. The van der Waals surface area contributed by atoms with Gasteiger partial charge in [0, 0.05) is 17.1 Å². The second-order valence-electron chi connectivity index (χ2n) is 2.69. The van der Waals surface area contributed by atoms with E-state index >= 15 is 0 Å². The topological polar surface area (TPSA) is 52.9 Å². The summed E-state index contributed by atoms with van der Waals surface area (Å²) in [6, 6.07) is 7.45. The van der Waals surface area contributed by atoms with Crippen LogP contribution in [0, 0.1) is 11.5 Å². The summed E-state index contributed by atoms with van der Waals surface area (Å²) in [5.41, 5.74) is 0. The number of amides is 1. The molecule has 0 bridgehead atoms. The van der Waals surface area contributed by atoms with Crippen molar-refractivity contribution in [3.05, 3.63) is 29.3 Å². The van der Waals surface area contributed by atoms with Crippen LogP contribution in [0.4, 0.5) is 0 Å². The van der Waals surface area contributed by atoms with Crippen LogP contribution in [0.25, 0.3) is 0 Å². The molecule has 0 aliphatic rings. The minimum absolute atomic E-state index is 0.267. The monoisotopic (exact) mass is 240 g/mol. The minimum Gasteiger partial charge on any atom is -0.274 e. The van der Waals surface area contributed by atoms with Crippen molar-refractivity contribution in [2.45, 2.75) is 11.3 Å². The van der Waals surface area contributed by atoms with Gasteiger partial charge in [0.05, 0.1) is 5.02 Å². The normalized spacial score (nSPS) is 9.33. The molecule has 5 heteroatoms. The molecule has 0 atom stereocenters. The van der Waals surface area contributed by atoms with Crippen molar-refractivity contribution in [3.63, 3.8) is 0 Å². The fourth-order valence-corrected chi connectivity index (χ4v) is 2.13. The highest BCUT2D eigenvalue weighted by Crippen LogP contribution is 2.26. The van der Waals surface area contributed by atoms with Gasteiger partial charge in [-0.15, -0.1) is 11.8 Å². The Morgan fingerprint density at radius 1 is 1.53 bits per heavy atom. The van der Waals surface area contributed by atoms with Crippen LogP contribution in [0.5, 0.6) is 0 Å². The molecule has 1 aromatic rings. The Kier molecular flexibility index (Phi) is 5.02. The smallest absolute Gasteiger partial charge is 0.233 e. The molecule has 0 saturated carbocycles. The number of nitrogens with one attached hydrogen (secondary N) is 1. The van der Waals surface area contributed by atoms with Crippen molar-refractivity contribution in [1.29, 1.82) is 5.26 Å². The lowest BCUT2D eigenvalue weighted by molar-refractivity contribution is -0.119. The number of rotatable bonds is 4. The highest BCUT2D eigenvalue weighted by molar-refractivity contribution is 7.99. The van der Waals surface area contributed by atoms with E-state index in [-0.39, 0.29) is 5.91 Å². The number of hydrogen-bond donors (Lipinski definition) is 1. The molecule has 0 saturated heterocycles. The second-order valence-corrected chi connectivity index (χ2v) is 4.23. The molecule has 15 heavy (non-hydrogen) atoms. The molecular weight excluding hydrogens is 232 g/mol. The number of nitrogens with zero attached hydrogens (tertiary/aromatic N) is 1. The third kappa shape index (κ3) is 4.24. The average Bonchev–Trinajstić information content (AvgIpc) is 2.21. The van der Waals surface area contributed by atoms with Crippen LogP contribution < -0.4 is 5.32 Å². The molecule has 0 unspecified atom stereocenters. The summed E-state index contributed by atoms with van der Waals surface area (Å²) in [5, 5.41) is 10.9. The SMILES string of the molecule is N#CNC(=O)CCSc1ccccc1Cl. The second kappa shape index (κ2) is 6.33. The van der Waals surface area contributed by atoms with Gasteiger partial charge in [-0.05, 0) is 12.1 Å². The third-order valence-corrected chi connectivity index (χ3v) is 3.14. The molecule has 1 N–H and O–H groups in total. The van der Waals surface area contributed by atoms with Gasteiger partial charge in [0.25, 0.3) is 0 Å². The quantitative estimate of drug-likeness (QED) is 0.500. The molecule has 0 spiro atoms. The van der Waals surface area contributed by atoms with Gasteiger partial charge in [-0.25, -0.2) is 0 Å². The molecule has 0 heterocycles. The maximum absolute atomic E-state index is 10.9. The van der Waals surface area contributed by atoms with E-state index in [4.69, 9.17) is 16.9 Å². The average molecular weight is 241 g/mol. The lowest BCUT2D eigenvalue weighted by atomic mass is 10.4. The molecular formula is C10H9ClN2OS. The highest BCUT2D eigenvalue weighted by atomic mass is 35.5. The zero-order valence-electron chi connectivity index (χ0n) is 7.87. The van der Waals surface area contributed by atoms with Crippen LogP contribution in [0.3, 0.4) is 0 Å². The molecule has 1 aromatic carbocycles. The van der Waals surface area contributed by atoms with Crippen molar-refractivity contribution >= 4 is 29.3 Å². The minimum atomic E-state index is -0.267. The summed E-state index contributed by atoms with van der Waals surface area (Å²) >= 11 is 7.43. The number of halogens is 1. The molecule has 0 aromatic heterocycles. The van der Waals surface area contributed by atoms with E-state index < -0.39 is 0 Å². The van der Waals surface area contributed by atoms with Crippen LogP contribution in [0.15, 0.2) is 29.2 Å². The number of hydrogen-bond acceptors (Lipinski definition) is 3. The van der Waals surface area contributed by atoms with Crippen LogP contribution in [-0.2, 0) is 4.79 Å². The third-order valence-electron chi connectivity index (χ3n) is 1.62. The largest absolute Gasteiger partial charge is 0.274 e. The van der Waals surface area contributed by atoms with Crippen LogP contribution in [-0.4, -0.2) is 11.7 Å². The molecule has 1 rings (SSSR count). The van der Waals surface area contributed by atoms with E-state index in [1.54, 1.807) is 12.3 Å². The fraction of sp³-hybridized carbons (Fsp3) is 0.200. The first-order chi connectivity index (χ1) is 7.24. The Labute approximate surface area is 97.4 Å². The molecule has 0 aliphatic heterocycles. The molecule has 0 aliphatic carbocycles. The van der Waals surface area contributed by atoms with Crippen molar-refractivity contribution < 1.29 is 4.79 Å². The molecule has 1 amide bonds. The van der Waals surface area contributed by atoms with Crippen molar-refractivity contribution in [2.24, 2.45) is 0 Å². The predicted octanol–water partition coefficient (Wildman–Crippen LogP) is 2.42. The van der Waals surface area contributed by atoms with Gasteiger partial charge in [-0.1, -0.05) is 23.7 Å². The zero-order valence-corrected chi connectivity index (χ0v) is 9.44. The summed E-state index contributed by atoms with van der Waals surface area (Å²) in [5.74, 6) is 0.342. The summed E-state index contributed by atoms with van der Waals surface area (Å²) in [7, 11) is 0. The van der Waals surface area contributed by atoms with Crippen LogP contribution in [0.1, 0.15) is 6.42 Å². The van der Waals surface area contributed by atoms with Gasteiger partial charge in [0.1, 0.15) is 0 Å². The van der Waals surface area contributed by atoms with E-state index in [0.717, 1.165) is 4.90 Å². The maximum atomic E-state index is 10.9. The number of carbonyl (C=O) groups is 1. The lowest BCUT2D eigenvalue weighted by Gasteiger charge is -2.02. The van der Waals surface area contributed by atoms with E-state index in [9.17, 15) is 4.79 Å². The fourth-order valence-electron chi connectivity index (χ4n) is 0.940. The standard InChI is InChI=1S/C10H9ClN2OS/c11-8-3-1-2-4-9(8)15-6-5-10(14)13-7-12/h1-4H,5-6H2,(H,13,14).